The molecule has 0 unspecified atom stereocenters. The number of pyridine rings is 1. The van der Waals surface area contributed by atoms with Crippen molar-refractivity contribution in [2.45, 2.75) is 0 Å². The molecule has 6 N–H and O–H groups in total. The zero-order valence-electron chi connectivity index (χ0n) is 25.3. The second-order valence-electron chi connectivity index (χ2n) is 10.0. The maximum absolute atomic E-state index is 11.3. The Balaban J connectivity index is 0.000000328. The minimum absolute atomic E-state index is 0.151. The summed E-state index contributed by atoms with van der Waals surface area (Å²) in [5.74, 6) is -5.03. The average Bonchev–Trinajstić information content (AvgIpc) is 3.81. The number of hydrogen-bond donors (Lipinski definition) is 6. The highest BCUT2D eigenvalue weighted by atomic mass is 16.4. The summed E-state index contributed by atoms with van der Waals surface area (Å²) < 4.78 is 2.59. The van der Waals surface area contributed by atoms with Crippen molar-refractivity contribution in [2.24, 2.45) is 5.11 Å². The molecular weight excluding hydrogens is 670 g/mol. The van der Waals surface area contributed by atoms with Crippen LogP contribution in [0.1, 0.15) is 36.6 Å². The quantitative estimate of drug-likeness (QED) is 0.0737. The Labute approximate surface area is 283 Å². The van der Waals surface area contributed by atoms with Crippen LogP contribution in [-0.4, -0.2) is 83.5 Å². The van der Waals surface area contributed by atoms with Crippen molar-refractivity contribution in [2.75, 3.05) is 0 Å². The molecule has 0 saturated heterocycles. The second kappa shape index (κ2) is 14.2. The van der Waals surface area contributed by atoms with Crippen LogP contribution in [0.3, 0.4) is 0 Å². The van der Waals surface area contributed by atoms with E-state index in [0.717, 1.165) is 12.1 Å². The van der Waals surface area contributed by atoms with Crippen LogP contribution in [0.4, 0.5) is 5.69 Å². The molecule has 3 aromatic heterocycles. The van der Waals surface area contributed by atoms with Gasteiger partial charge in [-0.15, -0.1) is 10.2 Å². The number of carbonyl (C=O) groups is 3. The molecule has 20 heteroatoms. The molecule has 3 aromatic carbocycles. The summed E-state index contributed by atoms with van der Waals surface area (Å²) in [5.41, 5.74) is 9.29. The standard InChI is InChI=1S/C24H14N8O6.C7H5N3O3/c25-9-12-5-17(19-10-31(29-27-19)13-1-3-21(33)15(7-13)23(35)36)26-18(6-12)20-11-32(30-28-20)14-2-4-22(34)16(8-14)24(37)38;8-10-9-4-1-2-6(11)5(3-4)7(12)13/h1-8,10-11,33-34H,(H,35,36)(H,37,38);1-3,11H,(H,12,13). The van der Waals surface area contributed by atoms with Crippen molar-refractivity contribution >= 4 is 23.6 Å². The van der Waals surface area contributed by atoms with Gasteiger partial charge < -0.3 is 30.6 Å². The van der Waals surface area contributed by atoms with E-state index in [-0.39, 0.29) is 56.5 Å². The summed E-state index contributed by atoms with van der Waals surface area (Å²) >= 11 is 0. The van der Waals surface area contributed by atoms with Crippen LogP contribution in [0.2, 0.25) is 0 Å². The van der Waals surface area contributed by atoms with Crippen LogP contribution in [-0.2, 0) is 0 Å². The normalized spacial score (nSPS) is 10.3. The lowest BCUT2D eigenvalue weighted by Crippen LogP contribution is -2.01. The zero-order valence-corrected chi connectivity index (χ0v) is 25.3. The minimum Gasteiger partial charge on any atom is -0.507 e. The van der Waals surface area contributed by atoms with E-state index in [4.69, 9.17) is 15.7 Å². The van der Waals surface area contributed by atoms with E-state index in [1.165, 1.54) is 76.4 Å². The molecule has 252 valence electrons. The van der Waals surface area contributed by atoms with Gasteiger partial charge in [0.15, 0.2) is 0 Å². The molecule has 0 aliphatic heterocycles. The van der Waals surface area contributed by atoms with Crippen LogP contribution in [0, 0.1) is 11.3 Å². The van der Waals surface area contributed by atoms with Gasteiger partial charge in [0.05, 0.1) is 46.8 Å². The van der Waals surface area contributed by atoms with Crippen molar-refractivity contribution in [3.05, 3.63) is 112 Å². The number of azide groups is 1. The molecule has 0 bridgehead atoms. The van der Waals surface area contributed by atoms with Gasteiger partial charge in [0, 0.05) is 10.6 Å². The molecule has 6 aromatic rings. The van der Waals surface area contributed by atoms with Gasteiger partial charge in [-0.25, -0.2) is 28.7 Å². The van der Waals surface area contributed by atoms with E-state index in [1.807, 2.05) is 6.07 Å². The first kappa shape index (κ1) is 34.0. The monoisotopic (exact) mass is 689 g/mol. The molecule has 0 spiro atoms. The first-order valence-electron chi connectivity index (χ1n) is 13.9. The van der Waals surface area contributed by atoms with Gasteiger partial charge in [0.1, 0.15) is 45.3 Å². The number of hydrogen-bond acceptors (Lipinski definition) is 13. The zero-order chi connectivity index (χ0) is 36.8. The maximum atomic E-state index is 11.3. The fourth-order valence-electron chi connectivity index (χ4n) is 4.36. The number of phenols is 3. The first-order chi connectivity index (χ1) is 24.4. The van der Waals surface area contributed by atoms with Gasteiger partial charge in [-0.3, -0.25) is 0 Å². The summed E-state index contributed by atoms with van der Waals surface area (Å²) in [6.07, 6.45) is 2.96. The number of carboxylic acids is 3. The van der Waals surface area contributed by atoms with Gasteiger partial charge >= 0.3 is 17.9 Å². The molecule has 0 atom stereocenters. The summed E-state index contributed by atoms with van der Waals surface area (Å²) in [4.78, 5) is 40.1. The van der Waals surface area contributed by atoms with Crippen molar-refractivity contribution in [1.29, 1.82) is 5.26 Å². The number of nitriles is 1. The van der Waals surface area contributed by atoms with Crippen molar-refractivity contribution in [3.63, 3.8) is 0 Å². The predicted molar refractivity (Wildman–Crippen MR) is 171 cm³/mol. The molecule has 3 heterocycles. The Hall–Kier alpha value is -8.30. The number of benzene rings is 3. The summed E-state index contributed by atoms with van der Waals surface area (Å²) in [7, 11) is 0. The highest BCUT2D eigenvalue weighted by molar-refractivity contribution is 5.92. The van der Waals surface area contributed by atoms with Crippen LogP contribution >= 0.6 is 0 Å². The van der Waals surface area contributed by atoms with Crippen LogP contribution in [0.5, 0.6) is 17.2 Å². The number of rotatable bonds is 8. The highest BCUT2D eigenvalue weighted by Crippen LogP contribution is 2.27. The van der Waals surface area contributed by atoms with E-state index >= 15 is 0 Å². The first-order valence-corrected chi connectivity index (χ1v) is 13.9. The van der Waals surface area contributed by atoms with Crippen molar-refractivity contribution in [3.8, 4) is 57.5 Å². The topological polar surface area (TPSA) is 319 Å². The molecule has 6 rings (SSSR count). The number of aromatic carboxylic acids is 3. The molecule has 0 aliphatic rings. The molecule has 0 aliphatic carbocycles. The van der Waals surface area contributed by atoms with E-state index in [9.17, 15) is 40.1 Å². The Kier molecular flexibility index (Phi) is 9.49. The number of aromatic hydroxyl groups is 3. The molecule has 20 nitrogen and oxygen atoms in total. The van der Waals surface area contributed by atoms with Crippen LogP contribution in [0.25, 0.3) is 44.6 Å². The van der Waals surface area contributed by atoms with E-state index in [2.05, 4.69) is 35.6 Å². The molecule has 0 radical (unpaired) electrons. The van der Waals surface area contributed by atoms with Gasteiger partial charge in [0.2, 0.25) is 0 Å². The fourth-order valence-corrected chi connectivity index (χ4v) is 4.36. The molecule has 0 amide bonds. The van der Waals surface area contributed by atoms with Gasteiger partial charge in [0.25, 0.3) is 0 Å². The van der Waals surface area contributed by atoms with Crippen molar-refractivity contribution in [1.82, 2.24) is 35.0 Å². The smallest absolute Gasteiger partial charge is 0.339 e. The average molecular weight is 690 g/mol. The Morgan fingerprint density at radius 3 is 1.51 bits per heavy atom. The number of carboxylic acid groups (broad SMARTS) is 3. The molecule has 51 heavy (non-hydrogen) atoms. The predicted octanol–water partition coefficient (Wildman–Crippen LogP) is 4.29. The fraction of sp³-hybridized carbons (Fsp3) is 0. The summed E-state index contributed by atoms with van der Waals surface area (Å²) in [6.45, 7) is 0. The highest BCUT2D eigenvalue weighted by Gasteiger charge is 2.17. The van der Waals surface area contributed by atoms with Gasteiger partial charge in [-0.2, -0.15) is 5.26 Å². The molecule has 0 fully saturated rings. The third-order valence-electron chi connectivity index (χ3n) is 6.79. The number of nitrogens with zero attached hydrogens (tertiary/aromatic N) is 11. The molecule has 0 saturated carbocycles. The summed E-state index contributed by atoms with van der Waals surface area (Å²) in [6, 6.07) is 16.4. The molecular formula is C31H19N11O9. The van der Waals surface area contributed by atoms with E-state index in [1.54, 1.807) is 0 Å². The lowest BCUT2D eigenvalue weighted by Gasteiger charge is -2.04. The lowest BCUT2D eigenvalue weighted by molar-refractivity contribution is 0.0682. The third kappa shape index (κ3) is 7.49. The number of aromatic nitrogens is 7. The second-order valence-corrected chi connectivity index (χ2v) is 10.0. The minimum atomic E-state index is -1.31. The van der Waals surface area contributed by atoms with Gasteiger partial charge in [-0.05, 0) is 72.3 Å². The van der Waals surface area contributed by atoms with E-state index in [0.29, 0.717) is 11.4 Å². The van der Waals surface area contributed by atoms with Gasteiger partial charge in [-0.1, -0.05) is 15.5 Å². The van der Waals surface area contributed by atoms with Crippen LogP contribution < -0.4 is 0 Å². The van der Waals surface area contributed by atoms with E-state index < -0.39 is 29.4 Å². The largest absolute Gasteiger partial charge is 0.507 e. The third-order valence-corrected chi connectivity index (χ3v) is 6.79. The summed E-state index contributed by atoms with van der Waals surface area (Å²) in [5, 5.41) is 84.5. The van der Waals surface area contributed by atoms with Crippen LogP contribution in [0.15, 0.2) is 84.2 Å². The Bertz CT molecular complexity index is 2320. The Morgan fingerprint density at radius 2 is 1.10 bits per heavy atom. The maximum Gasteiger partial charge on any atom is 0.339 e. The lowest BCUT2D eigenvalue weighted by atomic mass is 10.1. The van der Waals surface area contributed by atoms with Crippen molar-refractivity contribution < 1.29 is 45.0 Å². The Morgan fingerprint density at radius 1 is 0.667 bits per heavy atom. The SMILES string of the molecule is N#Cc1cc(-c2cn(-c3ccc(O)c(C(=O)O)c3)nn2)nc(-c2cn(-c3ccc(O)c(C(=O)O)c3)nn2)c1.[N-]=[N+]=Nc1ccc(O)c(C(=O)O)c1.